The number of allylic oxidation sites excluding steroid dienone is 5. The van der Waals surface area contributed by atoms with Gasteiger partial charge in [-0.3, -0.25) is 0 Å². The second-order valence-electron chi connectivity index (χ2n) is 16.5. The summed E-state index contributed by atoms with van der Waals surface area (Å²) in [6, 6.07) is 63.9. The highest BCUT2D eigenvalue weighted by atomic mass is 16.3. The molecule has 292 valence electrons. The summed E-state index contributed by atoms with van der Waals surface area (Å²) in [5.41, 5.74) is 18.2. The Hall–Kier alpha value is -7.62. The van der Waals surface area contributed by atoms with E-state index in [9.17, 15) is 0 Å². The van der Waals surface area contributed by atoms with Crippen LogP contribution in [0, 0.1) is 0 Å². The molecule has 3 heteroatoms. The predicted molar refractivity (Wildman–Crippen MR) is 259 cm³/mol. The lowest BCUT2D eigenvalue weighted by Crippen LogP contribution is -2.17. The van der Waals surface area contributed by atoms with E-state index in [2.05, 4.69) is 218 Å². The van der Waals surface area contributed by atoms with E-state index in [4.69, 9.17) is 4.42 Å². The van der Waals surface area contributed by atoms with Crippen molar-refractivity contribution in [3.63, 3.8) is 0 Å². The zero-order chi connectivity index (χ0) is 41.2. The molecular formula is C58H44N2O. The standard InChI is InChI=1S/C58H44N2O/c1-5-7-15-38(6-2)41-24-32-46-47-33-31-45(37-52(47)58(3,4)51(46)36-41)59(42-25-22-40(23-26-42)39-16-9-8-10-17-39)43-27-29-44(30-28-43)60-53-20-13-11-18-48(53)49-34-35-55-56(57(49)60)50-19-12-14-21-54(50)61-55/h5-37H,2H2,1,3-4H3/b7-5-,38-15+. The summed E-state index contributed by atoms with van der Waals surface area (Å²) in [6.45, 7) is 10.9. The minimum absolute atomic E-state index is 0.213. The maximum absolute atomic E-state index is 6.41. The van der Waals surface area contributed by atoms with Crippen LogP contribution in [-0.4, -0.2) is 4.57 Å². The van der Waals surface area contributed by atoms with Gasteiger partial charge >= 0.3 is 0 Å². The van der Waals surface area contributed by atoms with Gasteiger partial charge in [-0.05, 0) is 130 Å². The third-order valence-electron chi connectivity index (χ3n) is 12.7. The highest BCUT2D eigenvalue weighted by Crippen LogP contribution is 2.51. The van der Waals surface area contributed by atoms with Crippen LogP contribution in [-0.2, 0) is 5.41 Å². The van der Waals surface area contributed by atoms with Gasteiger partial charge in [-0.1, -0.05) is 142 Å². The molecular weight excluding hydrogens is 741 g/mol. The fourth-order valence-corrected chi connectivity index (χ4v) is 9.69. The van der Waals surface area contributed by atoms with Crippen molar-refractivity contribution in [2.24, 2.45) is 0 Å². The van der Waals surface area contributed by atoms with Crippen molar-refractivity contribution in [1.82, 2.24) is 4.57 Å². The van der Waals surface area contributed by atoms with E-state index in [1.54, 1.807) is 0 Å². The molecule has 0 saturated carbocycles. The molecule has 3 nitrogen and oxygen atoms in total. The van der Waals surface area contributed by atoms with E-state index in [1.807, 2.05) is 19.1 Å². The number of para-hydroxylation sites is 2. The average Bonchev–Trinajstić information content (AvgIpc) is 3.93. The lowest BCUT2D eigenvalue weighted by atomic mass is 9.81. The molecule has 0 N–H and O–H groups in total. The van der Waals surface area contributed by atoms with Crippen LogP contribution in [0.2, 0.25) is 0 Å². The van der Waals surface area contributed by atoms with Gasteiger partial charge in [-0.15, -0.1) is 0 Å². The summed E-state index contributed by atoms with van der Waals surface area (Å²) >= 11 is 0. The van der Waals surface area contributed by atoms with Gasteiger partial charge in [0, 0.05) is 44.3 Å². The average molecular weight is 785 g/mol. The molecule has 0 atom stereocenters. The van der Waals surface area contributed by atoms with Crippen molar-refractivity contribution >= 4 is 66.4 Å². The second kappa shape index (κ2) is 14.3. The highest BCUT2D eigenvalue weighted by Gasteiger charge is 2.36. The van der Waals surface area contributed by atoms with Crippen LogP contribution in [0.1, 0.15) is 37.5 Å². The Morgan fingerprint density at radius 2 is 1.23 bits per heavy atom. The van der Waals surface area contributed by atoms with Crippen molar-refractivity contribution < 1.29 is 4.42 Å². The lowest BCUT2D eigenvalue weighted by Gasteiger charge is -2.28. The molecule has 0 amide bonds. The van der Waals surface area contributed by atoms with Crippen molar-refractivity contribution in [2.45, 2.75) is 26.2 Å². The summed E-state index contributed by atoms with van der Waals surface area (Å²) in [6.07, 6.45) is 8.21. The molecule has 2 heterocycles. The largest absolute Gasteiger partial charge is 0.456 e. The summed E-state index contributed by atoms with van der Waals surface area (Å²) in [5.74, 6) is 0. The number of nitrogens with zero attached hydrogens (tertiary/aromatic N) is 2. The van der Waals surface area contributed by atoms with Crippen LogP contribution in [0.25, 0.3) is 77.3 Å². The number of furan rings is 1. The topological polar surface area (TPSA) is 21.3 Å². The number of benzene rings is 8. The van der Waals surface area contributed by atoms with E-state index >= 15 is 0 Å². The van der Waals surface area contributed by atoms with Crippen molar-refractivity contribution in [2.75, 3.05) is 4.90 Å². The molecule has 0 aliphatic heterocycles. The molecule has 0 unspecified atom stereocenters. The van der Waals surface area contributed by atoms with Crippen LogP contribution >= 0.6 is 0 Å². The SMILES string of the molecule is C=C/C(=C\C=C/C)c1ccc2c(c1)C(C)(C)c1cc(N(c3ccc(-c4ccccc4)cc3)c3ccc(-n4c5ccccc5c5ccc6oc7ccccc7c6c54)cc3)ccc1-2. The van der Waals surface area contributed by atoms with Crippen LogP contribution < -0.4 is 4.90 Å². The highest BCUT2D eigenvalue weighted by molar-refractivity contribution is 6.24. The van der Waals surface area contributed by atoms with Gasteiger partial charge in [0.05, 0.1) is 16.4 Å². The molecule has 11 rings (SSSR count). The van der Waals surface area contributed by atoms with E-state index in [0.717, 1.165) is 61.3 Å². The number of aromatic nitrogens is 1. The summed E-state index contributed by atoms with van der Waals surface area (Å²) < 4.78 is 8.82. The van der Waals surface area contributed by atoms with Gasteiger partial charge in [-0.25, -0.2) is 0 Å². The Labute approximate surface area is 356 Å². The normalized spacial score (nSPS) is 13.4. The zero-order valence-corrected chi connectivity index (χ0v) is 34.6. The van der Waals surface area contributed by atoms with Crippen molar-refractivity contribution in [3.8, 4) is 27.9 Å². The Kier molecular flexibility index (Phi) is 8.54. The van der Waals surface area contributed by atoms with Crippen LogP contribution in [0.5, 0.6) is 0 Å². The van der Waals surface area contributed by atoms with Gasteiger partial charge in [0.2, 0.25) is 0 Å². The summed E-state index contributed by atoms with van der Waals surface area (Å²) in [5, 5.41) is 4.69. The quantitative estimate of drug-likeness (QED) is 0.143. The van der Waals surface area contributed by atoms with Gasteiger partial charge in [0.25, 0.3) is 0 Å². The van der Waals surface area contributed by atoms with E-state index in [1.165, 1.54) is 49.7 Å². The Morgan fingerprint density at radius 1 is 0.590 bits per heavy atom. The van der Waals surface area contributed by atoms with E-state index < -0.39 is 0 Å². The lowest BCUT2D eigenvalue weighted by molar-refractivity contribution is 0.660. The molecule has 0 bridgehead atoms. The molecule has 0 fully saturated rings. The van der Waals surface area contributed by atoms with Crippen molar-refractivity contribution in [3.05, 3.63) is 223 Å². The Balaban J connectivity index is 1.06. The first-order valence-corrected chi connectivity index (χ1v) is 21.1. The second-order valence-corrected chi connectivity index (χ2v) is 16.5. The molecule has 8 aromatic carbocycles. The minimum Gasteiger partial charge on any atom is -0.456 e. The third-order valence-corrected chi connectivity index (χ3v) is 12.7. The van der Waals surface area contributed by atoms with Crippen LogP contribution in [0.4, 0.5) is 17.1 Å². The molecule has 0 radical (unpaired) electrons. The maximum atomic E-state index is 6.41. The molecule has 1 aliphatic rings. The molecule has 0 saturated heterocycles. The number of rotatable bonds is 8. The third kappa shape index (κ3) is 5.80. The first-order chi connectivity index (χ1) is 29.9. The van der Waals surface area contributed by atoms with E-state index in [0.29, 0.717) is 0 Å². The van der Waals surface area contributed by atoms with Crippen LogP contribution in [0.3, 0.4) is 0 Å². The summed E-state index contributed by atoms with van der Waals surface area (Å²) in [4.78, 5) is 2.40. The van der Waals surface area contributed by atoms with E-state index in [-0.39, 0.29) is 5.41 Å². The molecule has 10 aromatic rings. The number of anilines is 3. The number of fused-ring (bicyclic) bond motifs is 10. The molecule has 2 aromatic heterocycles. The number of hydrogen-bond acceptors (Lipinski definition) is 2. The monoisotopic (exact) mass is 784 g/mol. The number of hydrogen-bond donors (Lipinski definition) is 0. The first kappa shape index (κ1) is 36.5. The smallest absolute Gasteiger partial charge is 0.137 e. The fraction of sp³-hybridized carbons (Fsp3) is 0.0690. The molecule has 61 heavy (non-hydrogen) atoms. The molecule has 0 spiro atoms. The summed E-state index contributed by atoms with van der Waals surface area (Å²) in [7, 11) is 0. The van der Waals surface area contributed by atoms with Gasteiger partial charge in [0.1, 0.15) is 11.2 Å². The Bertz CT molecular complexity index is 3390. The first-order valence-electron chi connectivity index (χ1n) is 21.1. The van der Waals surface area contributed by atoms with Gasteiger partial charge < -0.3 is 13.9 Å². The minimum atomic E-state index is -0.213. The predicted octanol–water partition coefficient (Wildman–Crippen LogP) is 16.3. The maximum Gasteiger partial charge on any atom is 0.137 e. The zero-order valence-electron chi connectivity index (χ0n) is 34.6. The molecule has 1 aliphatic carbocycles. The van der Waals surface area contributed by atoms with Crippen molar-refractivity contribution in [1.29, 1.82) is 0 Å². The van der Waals surface area contributed by atoms with Gasteiger partial charge in [-0.2, -0.15) is 0 Å². The fourth-order valence-electron chi connectivity index (χ4n) is 9.69. The Morgan fingerprint density at radius 3 is 1.98 bits per heavy atom. The van der Waals surface area contributed by atoms with Gasteiger partial charge in [0.15, 0.2) is 0 Å². The van der Waals surface area contributed by atoms with Crippen LogP contribution in [0.15, 0.2) is 211 Å².